The van der Waals surface area contributed by atoms with Crippen LogP contribution in [0.3, 0.4) is 0 Å². The molecule has 0 saturated carbocycles. The van der Waals surface area contributed by atoms with E-state index in [1.165, 1.54) is 0 Å². The minimum absolute atomic E-state index is 0.217. The lowest BCUT2D eigenvalue weighted by molar-refractivity contribution is -0.123. The first kappa shape index (κ1) is 17.3. The van der Waals surface area contributed by atoms with E-state index >= 15 is 0 Å². The molecular weight excluding hydrogens is 384 g/mol. The van der Waals surface area contributed by atoms with Gasteiger partial charge >= 0.3 is 0 Å². The zero-order valence-electron chi connectivity index (χ0n) is 12.2. The summed E-state index contributed by atoms with van der Waals surface area (Å²) in [7, 11) is 0. The number of rotatable bonds is 4. The largest absolute Gasteiger partial charge is 0.483 e. The lowest BCUT2D eigenvalue weighted by atomic mass is 10.2. The maximum atomic E-state index is 11.9. The number of benzene rings is 2. The van der Waals surface area contributed by atoms with Gasteiger partial charge in [-0.25, -0.2) is 0 Å². The summed E-state index contributed by atoms with van der Waals surface area (Å²) in [5, 5.41) is 0.306. The molecule has 0 aliphatic rings. The minimum atomic E-state index is -0.497. The molecule has 5 nitrogen and oxygen atoms in total. The molecule has 0 aliphatic heterocycles. The van der Waals surface area contributed by atoms with Crippen LogP contribution in [0.15, 0.2) is 46.9 Å². The lowest BCUT2D eigenvalue weighted by Gasteiger charge is -2.11. The van der Waals surface area contributed by atoms with Crippen LogP contribution in [0.2, 0.25) is 5.02 Å². The van der Waals surface area contributed by atoms with Gasteiger partial charge in [-0.15, -0.1) is 0 Å². The van der Waals surface area contributed by atoms with E-state index in [0.717, 1.165) is 10.0 Å². The van der Waals surface area contributed by atoms with Gasteiger partial charge in [-0.2, -0.15) is 0 Å². The van der Waals surface area contributed by atoms with Crippen molar-refractivity contribution in [2.24, 2.45) is 0 Å². The molecule has 0 radical (unpaired) electrons. The average Bonchev–Trinajstić information content (AvgIpc) is 2.52. The number of hydrogen-bond acceptors (Lipinski definition) is 3. The molecule has 0 heterocycles. The molecule has 120 valence electrons. The van der Waals surface area contributed by atoms with Gasteiger partial charge in [0, 0.05) is 4.47 Å². The third kappa shape index (κ3) is 4.97. The van der Waals surface area contributed by atoms with E-state index in [1.807, 2.05) is 19.1 Å². The molecular formula is C16H14BrClN2O3. The summed E-state index contributed by atoms with van der Waals surface area (Å²) < 4.78 is 6.33. The number of nitrogens with one attached hydrogen (secondary N) is 2. The van der Waals surface area contributed by atoms with Crippen molar-refractivity contribution in [3.05, 3.63) is 63.1 Å². The number of halogens is 2. The Morgan fingerprint density at radius 3 is 2.61 bits per heavy atom. The van der Waals surface area contributed by atoms with E-state index < -0.39 is 11.8 Å². The molecule has 0 bridgehead atoms. The fraction of sp³-hybridized carbons (Fsp3) is 0.125. The Morgan fingerprint density at radius 2 is 1.91 bits per heavy atom. The van der Waals surface area contributed by atoms with Crippen molar-refractivity contribution in [2.45, 2.75) is 6.92 Å². The molecule has 2 N–H and O–H groups in total. The highest BCUT2D eigenvalue weighted by molar-refractivity contribution is 9.10. The molecule has 0 fully saturated rings. The molecule has 23 heavy (non-hydrogen) atoms. The molecule has 0 unspecified atom stereocenters. The van der Waals surface area contributed by atoms with Crippen molar-refractivity contribution < 1.29 is 14.3 Å². The average molecular weight is 398 g/mol. The Bertz CT molecular complexity index is 737. The third-order valence-electron chi connectivity index (χ3n) is 2.93. The smallest absolute Gasteiger partial charge is 0.276 e. The predicted octanol–water partition coefficient (Wildman–Crippen LogP) is 3.25. The van der Waals surface area contributed by atoms with Gasteiger partial charge in [0.15, 0.2) is 6.61 Å². The van der Waals surface area contributed by atoms with E-state index in [1.54, 1.807) is 30.3 Å². The second-order valence-corrected chi connectivity index (χ2v) is 6.00. The van der Waals surface area contributed by atoms with Crippen molar-refractivity contribution in [1.29, 1.82) is 0 Å². The van der Waals surface area contributed by atoms with Gasteiger partial charge in [-0.05, 0) is 42.8 Å². The number of carbonyl (C=O) groups excluding carboxylic acids is 2. The number of hydrogen-bond donors (Lipinski definition) is 2. The van der Waals surface area contributed by atoms with Crippen LogP contribution in [0.5, 0.6) is 5.75 Å². The second-order valence-electron chi connectivity index (χ2n) is 4.68. The maximum absolute atomic E-state index is 11.9. The normalized spacial score (nSPS) is 10.0. The molecule has 2 rings (SSSR count). The second kappa shape index (κ2) is 7.99. The highest BCUT2D eigenvalue weighted by Crippen LogP contribution is 2.21. The van der Waals surface area contributed by atoms with Crippen LogP contribution in [0, 0.1) is 6.92 Å². The summed E-state index contributed by atoms with van der Waals surface area (Å²) in [4.78, 5) is 23.6. The van der Waals surface area contributed by atoms with Crippen LogP contribution in [0.1, 0.15) is 15.9 Å². The molecule has 0 spiro atoms. The molecule has 2 aromatic carbocycles. The first-order valence-corrected chi connectivity index (χ1v) is 7.87. The van der Waals surface area contributed by atoms with E-state index in [-0.39, 0.29) is 12.2 Å². The van der Waals surface area contributed by atoms with Crippen LogP contribution < -0.4 is 15.6 Å². The summed E-state index contributed by atoms with van der Waals surface area (Å²) in [6, 6.07) is 12.0. The van der Waals surface area contributed by atoms with Crippen molar-refractivity contribution in [3.63, 3.8) is 0 Å². The first-order valence-electron chi connectivity index (χ1n) is 6.70. The molecule has 0 saturated heterocycles. The van der Waals surface area contributed by atoms with Gasteiger partial charge in [-0.1, -0.05) is 39.7 Å². The molecule has 2 amide bonds. The SMILES string of the molecule is Cc1cc(Br)ccc1OCC(=O)NNC(=O)c1ccccc1Cl. The van der Waals surface area contributed by atoms with Crippen LogP contribution in [0.25, 0.3) is 0 Å². The number of amides is 2. The molecule has 0 atom stereocenters. The van der Waals surface area contributed by atoms with Crippen molar-refractivity contribution in [3.8, 4) is 5.75 Å². The van der Waals surface area contributed by atoms with Crippen LogP contribution in [-0.2, 0) is 4.79 Å². The van der Waals surface area contributed by atoms with Crippen molar-refractivity contribution in [2.75, 3.05) is 6.61 Å². The van der Waals surface area contributed by atoms with Gasteiger partial charge in [0.05, 0.1) is 10.6 Å². The number of aryl methyl sites for hydroxylation is 1. The molecule has 0 aromatic heterocycles. The van der Waals surface area contributed by atoms with E-state index in [4.69, 9.17) is 16.3 Å². The Kier molecular flexibility index (Phi) is 6.01. The number of carbonyl (C=O) groups is 2. The fourth-order valence-corrected chi connectivity index (χ4v) is 2.49. The Balaban J connectivity index is 1.83. The van der Waals surface area contributed by atoms with Crippen molar-refractivity contribution in [1.82, 2.24) is 10.9 Å². The zero-order chi connectivity index (χ0) is 16.8. The van der Waals surface area contributed by atoms with Gasteiger partial charge in [0.1, 0.15) is 5.75 Å². The first-order chi connectivity index (χ1) is 11.0. The van der Waals surface area contributed by atoms with Crippen LogP contribution in [-0.4, -0.2) is 18.4 Å². The highest BCUT2D eigenvalue weighted by Gasteiger charge is 2.11. The monoisotopic (exact) mass is 396 g/mol. The number of ether oxygens (including phenoxy) is 1. The summed E-state index contributed by atoms with van der Waals surface area (Å²) in [6.45, 7) is 1.66. The molecule has 2 aromatic rings. The molecule has 7 heteroatoms. The highest BCUT2D eigenvalue weighted by atomic mass is 79.9. The Labute approximate surface area is 147 Å². The summed E-state index contributed by atoms with van der Waals surface area (Å²) >= 11 is 9.26. The topological polar surface area (TPSA) is 67.4 Å². The van der Waals surface area contributed by atoms with E-state index in [9.17, 15) is 9.59 Å². The summed E-state index contributed by atoms with van der Waals surface area (Å²) in [5.74, 6) is -0.378. The Morgan fingerprint density at radius 1 is 1.17 bits per heavy atom. The zero-order valence-corrected chi connectivity index (χ0v) is 14.6. The van der Waals surface area contributed by atoms with Gasteiger partial charge in [-0.3, -0.25) is 20.4 Å². The maximum Gasteiger partial charge on any atom is 0.276 e. The lowest BCUT2D eigenvalue weighted by Crippen LogP contribution is -2.43. The summed E-state index contributed by atoms with van der Waals surface area (Å²) in [6.07, 6.45) is 0. The minimum Gasteiger partial charge on any atom is -0.483 e. The van der Waals surface area contributed by atoms with Crippen molar-refractivity contribution >= 4 is 39.3 Å². The van der Waals surface area contributed by atoms with Gasteiger partial charge in [0.25, 0.3) is 11.8 Å². The van der Waals surface area contributed by atoms with E-state index in [0.29, 0.717) is 10.8 Å². The number of hydrazine groups is 1. The standard InChI is InChI=1S/C16H14BrClN2O3/c1-10-8-11(17)6-7-14(10)23-9-15(21)19-20-16(22)12-4-2-3-5-13(12)18/h2-8H,9H2,1H3,(H,19,21)(H,20,22). The molecule has 0 aliphatic carbocycles. The quantitative estimate of drug-likeness (QED) is 0.778. The predicted molar refractivity (Wildman–Crippen MR) is 91.4 cm³/mol. The summed E-state index contributed by atoms with van der Waals surface area (Å²) in [5.41, 5.74) is 5.74. The van der Waals surface area contributed by atoms with Gasteiger partial charge < -0.3 is 4.74 Å². The third-order valence-corrected chi connectivity index (χ3v) is 3.75. The van der Waals surface area contributed by atoms with Gasteiger partial charge in [0.2, 0.25) is 0 Å². The van der Waals surface area contributed by atoms with E-state index in [2.05, 4.69) is 26.8 Å². The van der Waals surface area contributed by atoms with Crippen LogP contribution in [0.4, 0.5) is 0 Å². The Hall–Kier alpha value is -2.05. The fourth-order valence-electron chi connectivity index (χ4n) is 1.79. The van der Waals surface area contributed by atoms with Crippen LogP contribution >= 0.6 is 27.5 Å².